The zero-order valence-electron chi connectivity index (χ0n) is 14.2. The van der Waals surface area contributed by atoms with E-state index in [9.17, 15) is 9.59 Å². The molecule has 1 aromatic carbocycles. The number of nitrogens with zero attached hydrogens (tertiary/aromatic N) is 1. The van der Waals surface area contributed by atoms with Crippen LogP contribution in [-0.2, 0) is 20.1 Å². The molecule has 1 atom stereocenters. The van der Waals surface area contributed by atoms with Crippen molar-refractivity contribution >= 4 is 35.2 Å². The minimum Gasteiger partial charge on any atom is -0.466 e. The van der Waals surface area contributed by atoms with E-state index >= 15 is 0 Å². The Labute approximate surface area is 152 Å². The maximum atomic E-state index is 12.5. The number of likely N-dealkylation sites (tertiary alicyclic amines) is 1. The van der Waals surface area contributed by atoms with Gasteiger partial charge in [-0.2, -0.15) is 0 Å². The summed E-state index contributed by atoms with van der Waals surface area (Å²) in [5.41, 5.74) is 1.16. The average molecular weight is 370 g/mol. The topological polar surface area (TPSA) is 46.6 Å². The van der Waals surface area contributed by atoms with Gasteiger partial charge in [-0.3, -0.25) is 9.59 Å². The van der Waals surface area contributed by atoms with Gasteiger partial charge in [-0.1, -0.05) is 23.7 Å². The van der Waals surface area contributed by atoms with E-state index in [0.717, 1.165) is 16.3 Å². The number of carbonyl (C=O) groups excluding carboxylic acids is 2. The highest BCUT2D eigenvalue weighted by atomic mass is 35.5. The predicted octanol–water partition coefficient (Wildman–Crippen LogP) is 3.76. The SMILES string of the molecule is CCOC(=O)C1CCN(C(=O)C(C)SCc2ccc(Cl)cc2)CC1. The van der Waals surface area contributed by atoms with Crippen LogP contribution in [0.15, 0.2) is 24.3 Å². The highest BCUT2D eigenvalue weighted by molar-refractivity contribution is 7.99. The number of halogens is 1. The van der Waals surface area contributed by atoms with E-state index in [0.29, 0.717) is 32.5 Å². The van der Waals surface area contributed by atoms with Gasteiger partial charge in [0.1, 0.15) is 0 Å². The molecule has 0 saturated carbocycles. The lowest BCUT2D eigenvalue weighted by Crippen LogP contribution is -2.43. The van der Waals surface area contributed by atoms with Crippen molar-refractivity contribution in [3.8, 4) is 0 Å². The van der Waals surface area contributed by atoms with Crippen LogP contribution in [0.25, 0.3) is 0 Å². The number of esters is 1. The van der Waals surface area contributed by atoms with Crippen LogP contribution in [0.2, 0.25) is 5.02 Å². The van der Waals surface area contributed by atoms with Gasteiger partial charge in [0.2, 0.25) is 5.91 Å². The Bertz CT molecular complexity index is 556. The Morgan fingerprint density at radius 1 is 1.29 bits per heavy atom. The van der Waals surface area contributed by atoms with Crippen molar-refractivity contribution in [2.24, 2.45) is 5.92 Å². The van der Waals surface area contributed by atoms with Crippen molar-refractivity contribution in [2.45, 2.75) is 37.7 Å². The molecule has 1 heterocycles. The molecule has 1 amide bonds. The van der Waals surface area contributed by atoms with E-state index < -0.39 is 0 Å². The number of amides is 1. The van der Waals surface area contributed by atoms with Gasteiger partial charge in [-0.25, -0.2) is 0 Å². The van der Waals surface area contributed by atoms with Gasteiger partial charge in [-0.05, 0) is 44.4 Å². The van der Waals surface area contributed by atoms with E-state index in [2.05, 4.69) is 0 Å². The fraction of sp³-hybridized carbons (Fsp3) is 0.556. The van der Waals surface area contributed by atoms with Crippen LogP contribution >= 0.6 is 23.4 Å². The zero-order valence-corrected chi connectivity index (χ0v) is 15.7. The molecule has 24 heavy (non-hydrogen) atoms. The molecule has 1 aliphatic heterocycles. The zero-order chi connectivity index (χ0) is 17.5. The second-order valence-electron chi connectivity index (χ2n) is 5.93. The van der Waals surface area contributed by atoms with E-state index in [1.165, 1.54) is 0 Å². The molecule has 0 bridgehead atoms. The maximum Gasteiger partial charge on any atom is 0.309 e. The molecule has 0 aliphatic carbocycles. The lowest BCUT2D eigenvalue weighted by atomic mass is 9.97. The van der Waals surface area contributed by atoms with E-state index in [-0.39, 0.29) is 23.0 Å². The van der Waals surface area contributed by atoms with Crippen molar-refractivity contribution < 1.29 is 14.3 Å². The molecule has 1 unspecified atom stereocenters. The number of piperidine rings is 1. The number of carbonyl (C=O) groups is 2. The molecule has 0 radical (unpaired) electrons. The van der Waals surface area contributed by atoms with Crippen molar-refractivity contribution in [3.63, 3.8) is 0 Å². The summed E-state index contributed by atoms with van der Waals surface area (Å²) in [4.78, 5) is 26.2. The number of hydrogen-bond acceptors (Lipinski definition) is 4. The third-order valence-corrected chi connectivity index (χ3v) is 5.64. The summed E-state index contributed by atoms with van der Waals surface area (Å²) in [6.07, 6.45) is 1.39. The van der Waals surface area contributed by atoms with Gasteiger partial charge < -0.3 is 9.64 Å². The summed E-state index contributed by atoms with van der Waals surface area (Å²) in [7, 11) is 0. The van der Waals surface area contributed by atoms with Gasteiger partial charge in [0.05, 0.1) is 17.8 Å². The minimum atomic E-state index is -0.130. The van der Waals surface area contributed by atoms with E-state index in [1.54, 1.807) is 11.8 Å². The fourth-order valence-corrected chi connectivity index (χ4v) is 3.78. The van der Waals surface area contributed by atoms with Crippen molar-refractivity contribution in [2.75, 3.05) is 19.7 Å². The monoisotopic (exact) mass is 369 g/mol. The quantitative estimate of drug-likeness (QED) is 0.716. The maximum absolute atomic E-state index is 12.5. The molecule has 4 nitrogen and oxygen atoms in total. The van der Waals surface area contributed by atoms with Crippen LogP contribution in [0, 0.1) is 5.92 Å². The summed E-state index contributed by atoms with van der Waals surface area (Å²) < 4.78 is 5.06. The smallest absolute Gasteiger partial charge is 0.309 e. The number of thioether (sulfide) groups is 1. The summed E-state index contributed by atoms with van der Waals surface area (Å²) in [6, 6.07) is 7.70. The highest BCUT2D eigenvalue weighted by Gasteiger charge is 2.30. The second-order valence-corrected chi connectivity index (χ2v) is 7.70. The predicted molar refractivity (Wildman–Crippen MR) is 98.1 cm³/mol. The van der Waals surface area contributed by atoms with E-state index in [1.807, 2.05) is 43.0 Å². The van der Waals surface area contributed by atoms with Crippen molar-refractivity contribution in [1.82, 2.24) is 4.90 Å². The summed E-state index contributed by atoms with van der Waals surface area (Å²) >= 11 is 7.51. The van der Waals surface area contributed by atoms with Crippen molar-refractivity contribution in [1.29, 1.82) is 0 Å². The first kappa shape index (κ1) is 19.1. The van der Waals surface area contributed by atoms with Crippen LogP contribution in [-0.4, -0.2) is 41.7 Å². The fourth-order valence-electron chi connectivity index (χ4n) is 2.73. The molecule has 2 rings (SSSR count). The van der Waals surface area contributed by atoms with Crippen molar-refractivity contribution in [3.05, 3.63) is 34.9 Å². The molecule has 1 fully saturated rings. The molecule has 132 valence electrons. The third kappa shape index (κ3) is 5.42. The summed E-state index contributed by atoms with van der Waals surface area (Å²) in [5, 5.41) is 0.622. The van der Waals surface area contributed by atoms with Crippen LogP contribution in [0.3, 0.4) is 0 Å². The molecule has 0 spiro atoms. The number of hydrogen-bond donors (Lipinski definition) is 0. The first-order chi connectivity index (χ1) is 11.5. The number of rotatable bonds is 6. The highest BCUT2D eigenvalue weighted by Crippen LogP contribution is 2.24. The van der Waals surface area contributed by atoms with Gasteiger partial charge in [0.15, 0.2) is 0 Å². The number of benzene rings is 1. The first-order valence-electron chi connectivity index (χ1n) is 8.32. The Hall–Kier alpha value is -1.20. The third-order valence-electron chi connectivity index (χ3n) is 4.19. The Morgan fingerprint density at radius 2 is 1.92 bits per heavy atom. The van der Waals surface area contributed by atoms with Gasteiger partial charge in [0.25, 0.3) is 0 Å². The van der Waals surface area contributed by atoms with Crippen LogP contribution in [0.1, 0.15) is 32.3 Å². The normalized spacial score (nSPS) is 16.7. The first-order valence-corrected chi connectivity index (χ1v) is 9.75. The van der Waals surface area contributed by atoms with Crippen LogP contribution in [0.5, 0.6) is 0 Å². The van der Waals surface area contributed by atoms with Gasteiger partial charge >= 0.3 is 5.97 Å². The molecular formula is C18H24ClNO3S. The molecule has 1 aromatic rings. The summed E-state index contributed by atoms with van der Waals surface area (Å²) in [6.45, 7) is 5.44. The minimum absolute atomic E-state index is 0.0639. The molecule has 0 N–H and O–H groups in total. The molecule has 1 aliphatic rings. The van der Waals surface area contributed by atoms with Gasteiger partial charge in [0, 0.05) is 23.9 Å². The van der Waals surface area contributed by atoms with Crippen LogP contribution < -0.4 is 0 Å². The average Bonchev–Trinajstić information content (AvgIpc) is 2.60. The largest absolute Gasteiger partial charge is 0.466 e. The number of ether oxygens (including phenoxy) is 1. The Morgan fingerprint density at radius 3 is 2.50 bits per heavy atom. The standard InChI is InChI=1S/C18H24ClNO3S/c1-3-23-18(22)15-8-10-20(11-9-15)17(21)13(2)24-12-14-4-6-16(19)7-5-14/h4-7,13,15H,3,8-12H2,1-2H3. The molecule has 1 saturated heterocycles. The molecular weight excluding hydrogens is 346 g/mol. The van der Waals surface area contributed by atoms with E-state index in [4.69, 9.17) is 16.3 Å². The second kappa shape index (κ2) is 9.33. The lowest BCUT2D eigenvalue weighted by molar-refractivity contribution is -0.151. The van der Waals surface area contributed by atoms with Crippen LogP contribution in [0.4, 0.5) is 0 Å². The Kier molecular flexibility index (Phi) is 7.43. The molecule has 6 heteroatoms. The van der Waals surface area contributed by atoms with Gasteiger partial charge in [-0.15, -0.1) is 11.8 Å². The Balaban J connectivity index is 1.77. The summed E-state index contributed by atoms with van der Waals surface area (Å²) in [5.74, 6) is 0.737. The molecule has 0 aromatic heterocycles. The lowest BCUT2D eigenvalue weighted by Gasteiger charge is -2.32.